The summed E-state index contributed by atoms with van der Waals surface area (Å²) in [5.41, 5.74) is 3.82. The molecule has 0 saturated carbocycles. The van der Waals surface area contributed by atoms with E-state index in [0.717, 1.165) is 66.1 Å². The van der Waals surface area contributed by atoms with E-state index in [1.54, 1.807) is 24.3 Å². The minimum atomic E-state index is -3.31. The lowest BCUT2D eigenvalue weighted by Crippen LogP contribution is -2.08. The van der Waals surface area contributed by atoms with Crippen LogP contribution in [-0.2, 0) is 22.8 Å². The molecular formula is C28H32ClN3O3S. The molecule has 2 aromatic carbocycles. The van der Waals surface area contributed by atoms with Crippen molar-refractivity contribution in [1.82, 2.24) is 14.5 Å². The first kappa shape index (κ1) is 26.2. The Morgan fingerprint density at radius 1 is 0.944 bits per heavy atom. The zero-order valence-electron chi connectivity index (χ0n) is 21.0. The Labute approximate surface area is 218 Å². The molecule has 2 aromatic heterocycles. The summed E-state index contributed by atoms with van der Waals surface area (Å²) in [6, 6.07) is 16.0. The summed E-state index contributed by atoms with van der Waals surface area (Å²) >= 11 is 5.89. The highest BCUT2D eigenvalue weighted by Gasteiger charge is 2.20. The average Bonchev–Trinajstić information content (AvgIpc) is 3.22. The number of aromatic nitrogens is 3. The number of fused-ring (bicyclic) bond motifs is 1. The van der Waals surface area contributed by atoms with Crippen molar-refractivity contribution in [3.63, 3.8) is 0 Å². The van der Waals surface area contributed by atoms with Gasteiger partial charge >= 0.3 is 0 Å². The van der Waals surface area contributed by atoms with Gasteiger partial charge in [-0.15, -0.1) is 0 Å². The molecule has 6 nitrogen and oxygen atoms in total. The van der Waals surface area contributed by atoms with Crippen LogP contribution in [0.25, 0.3) is 11.0 Å². The topological polar surface area (TPSA) is 74.1 Å². The van der Waals surface area contributed by atoms with Crippen LogP contribution in [0.15, 0.2) is 59.5 Å². The predicted molar refractivity (Wildman–Crippen MR) is 145 cm³/mol. The zero-order valence-corrected chi connectivity index (χ0v) is 22.6. The fourth-order valence-corrected chi connectivity index (χ4v) is 5.81. The number of para-hydroxylation sites is 1. The quantitative estimate of drug-likeness (QED) is 0.195. The Kier molecular flexibility index (Phi) is 8.32. The monoisotopic (exact) mass is 525 g/mol. The lowest BCUT2D eigenvalue weighted by atomic mass is 10.2. The van der Waals surface area contributed by atoms with Gasteiger partial charge < -0.3 is 9.30 Å². The van der Waals surface area contributed by atoms with Crippen LogP contribution in [0.4, 0.5) is 0 Å². The van der Waals surface area contributed by atoms with Gasteiger partial charge in [0.05, 0.1) is 16.2 Å². The summed E-state index contributed by atoms with van der Waals surface area (Å²) in [6.07, 6.45) is 4.08. The molecule has 8 heteroatoms. The van der Waals surface area contributed by atoms with E-state index in [2.05, 4.69) is 18.4 Å². The maximum Gasteiger partial charge on any atom is 0.247 e. The molecule has 0 unspecified atom stereocenters. The van der Waals surface area contributed by atoms with Crippen molar-refractivity contribution in [2.45, 2.75) is 64.3 Å². The first-order valence-electron chi connectivity index (χ1n) is 12.4. The van der Waals surface area contributed by atoms with E-state index in [1.165, 1.54) is 0 Å². The molecule has 0 aliphatic rings. The van der Waals surface area contributed by atoms with Crippen LogP contribution < -0.4 is 4.74 Å². The van der Waals surface area contributed by atoms with Crippen molar-refractivity contribution in [3.05, 3.63) is 76.7 Å². The minimum absolute atomic E-state index is 0.123. The number of unbranched alkanes of at least 4 members (excludes halogenated alkanes) is 2. The maximum atomic E-state index is 12.6. The van der Waals surface area contributed by atoms with E-state index in [9.17, 15) is 8.42 Å². The molecule has 0 spiro atoms. The van der Waals surface area contributed by atoms with Crippen molar-refractivity contribution in [3.8, 4) is 11.6 Å². The highest BCUT2D eigenvalue weighted by Crippen LogP contribution is 2.32. The number of halogens is 1. The first-order valence-corrected chi connectivity index (χ1v) is 14.4. The summed E-state index contributed by atoms with van der Waals surface area (Å²) in [6.45, 7) is 6.97. The number of ether oxygens (including phenoxy) is 1. The third-order valence-corrected chi connectivity index (χ3v) is 8.38. The van der Waals surface area contributed by atoms with E-state index < -0.39 is 9.84 Å². The lowest BCUT2D eigenvalue weighted by Gasteiger charge is -2.13. The van der Waals surface area contributed by atoms with Crippen molar-refractivity contribution in [2.75, 3.05) is 5.75 Å². The Morgan fingerprint density at radius 2 is 1.67 bits per heavy atom. The largest absolute Gasteiger partial charge is 0.437 e. The number of rotatable bonds is 11. The molecule has 0 bridgehead atoms. The fourth-order valence-electron chi connectivity index (χ4n) is 4.31. The van der Waals surface area contributed by atoms with Gasteiger partial charge in [-0.2, -0.15) is 0 Å². The number of benzene rings is 2. The standard InChI is InChI=1S/C28H32ClN3O3S/c1-4-11-25-31-26-27(20(2)21(3)30-28(26)35-23-12-7-5-8-13-23)32(25)18-9-6-10-19-36(33,34)24-16-14-22(29)15-17-24/h5,7-8,12-17H,4,6,9-11,18-19H2,1-3H3. The highest BCUT2D eigenvalue weighted by atomic mass is 35.5. The SMILES string of the molecule is CCCc1nc2c(Oc3ccccc3)nc(C)c(C)c2n1CCCCCS(=O)(=O)c1ccc(Cl)cc1. The van der Waals surface area contributed by atoms with Crippen molar-refractivity contribution in [1.29, 1.82) is 0 Å². The summed E-state index contributed by atoms with van der Waals surface area (Å²) in [5, 5.41) is 0.530. The Hall–Kier alpha value is -2.90. The number of sulfone groups is 1. The van der Waals surface area contributed by atoms with Gasteiger partial charge in [0.1, 0.15) is 11.6 Å². The van der Waals surface area contributed by atoms with E-state index in [1.807, 2.05) is 37.3 Å². The molecule has 0 N–H and O–H groups in total. The van der Waals surface area contributed by atoms with Gasteiger partial charge in [0, 0.05) is 23.7 Å². The van der Waals surface area contributed by atoms with E-state index in [-0.39, 0.29) is 5.75 Å². The number of hydrogen-bond donors (Lipinski definition) is 0. The van der Waals surface area contributed by atoms with Gasteiger partial charge in [-0.3, -0.25) is 0 Å². The molecular weight excluding hydrogens is 494 g/mol. The lowest BCUT2D eigenvalue weighted by molar-refractivity contribution is 0.466. The Bertz CT molecular complexity index is 1430. The van der Waals surface area contributed by atoms with Crippen molar-refractivity contribution < 1.29 is 13.2 Å². The summed E-state index contributed by atoms with van der Waals surface area (Å²) in [7, 11) is -3.31. The first-order chi connectivity index (χ1) is 17.3. The van der Waals surface area contributed by atoms with Crippen LogP contribution in [-0.4, -0.2) is 28.7 Å². The second kappa shape index (κ2) is 11.4. The average molecular weight is 526 g/mol. The summed E-state index contributed by atoms with van der Waals surface area (Å²) in [5.74, 6) is 2.38. The van der Waals surface area contributed by atoms with E-state index >= 15 is 0 Å². The van der Waals surface area contributed by atoms with E-state index in [4.69, 9.17) is 26.3 Å². The van der Waals surface area contributed by atoms with Gasteiger partial charge in [-0.05, 0) is 75.1 Å². The molecule has 0 amide bonds. The molecule has 0 saturated heterocycles. The fraction of sp³-hybridized carbons (Fsp3) is 0.357. The van der Waals surface area contributed by atoms with Crippen LogP contribution in [0.3, 0.4) is 0 Å². The van der Waals surface area contributed by atoms with Crippen molar-refractivity contribution in [2.24, 2.45) is 0 Å². The van der Waals surface area contributed by atoms with Gasteiger partial charge in [0.2, 0.25) is 5.88 Å². The molecule has 4 aromatic rings. The number of pyridine rings is 1. The molecule has 0 fully saturated rings. The van der Waals surface area contributed by atoms with Crippen LogP contribution in [0.5, 0.6) is 11.6 Å². The smallest absolute Gasteiger partial charge is 0.247 e. The normalized spacial score (nSPS) is 11.8. The molecule has 0 aliphatic carbocycles. The predicted octanol–water partition coefficient (Wildman–Crippen LogP) is 7.09. The summed E-state index contributed by atoms with van der Waals surface area (Å²) < 4.78 is 33.7. The molecule has 0 atom stereocenters. The van der Waals surface area contributed by atoms with Gasteiger partial charge in [0.25, 0.3) is 0 Å². The molecule has 2 heterocycles. The number of imidazole rings is 1. The van der Waals surface area contributed by atoms with Gasteiger partial charge in [-0.1, -0.05) is 43.1 Å². The molecule has 4 rings (SSSR count). The Morgan fingerprint density at radius 3 is 2.36 bits per heavy atom. The summed E-state index contributed by atoms with van der Waals surface area (Å²) in [4.78, 5) is 9.98. The van der Waals surface area contributed by atoms with Crippen LogP contribution in [0.2, 0.25) is 5.02 Å². The van der Waals surface area contributed by atoms with Crippen LogP contribution in [0, 0.1) is 13.8 Å². The zero-order chi connectivity index (χ0) is 25.7. The van der Waals surface area contributed by atoms with Crippen molar-refractivity contribution >= 4 is 32.5 Å². The number of nitrogens with zero attached hydrogens (tertiary/aromatic N) is 3. The molecule has 0 radical (unpaired) electrons. The Balaban J connectivity index is 1.51. The second-order valence-corrected chi connectivity index (χ2v) is 11.5. The van der Waals surface area contributed by atoms with Gasteiger partial charge in [-0.25, -0.2) is 18.4 Å². The number of hydrogen-bond acceptors (Lipinski definition) is 5. The van der Waals surface area contributed by atoms with E-state index in [0.29, 0.717) is 22.2 Å². The van der Waals surface area contributed by atoms with Crippen LogP contribution in [0.1, 0.15) is 49.7 Å². The minimum Gasteiger partial charge on any atom is -0.437 e. The van der Waals surface area contributed by atoms with Gasteiger partial charge in [0.15, 0.2) is 15.4 Å². The number of aryl methyl sites for hydroxylation is 4. The molecule has 190 valence electrons. The third-order valence-electron chi connectivity index (χ3n) is 6.32. The molecule has 36 heavy (non-hydrogen) atoms. The highest BCUT2D eigenvalue weighted by molar-refractivity contribution is 7.91. The van der Waals surface area contributed by atoms with Crippen LogP contribution >= 0.6 is 11.6 Å². The molecule has 0 aliphatic heterocycles. The second-order valence-electron chi connectivity index (χ2n) is 9.00. The maximum absolute atomic E-state index is 12.6. The third kappa shape index (κ3) is 5.90.